The van der Waals surface area contributed by atoms with E-state index in [1.54, 1.807) is 6.92 Å². The monoisotopic (exact) mass is 242 g/mol. The number of likely N-dealkylation sites (tertiary alicyclic amines) is 1. The number of aliphatic hydroxyl groups is 1. The molecule has 1 heterocycles. The van der Waals surface area contributed by atoms with E-state index in [0.29, 0.717) is 6.04 Å². The Bertz CT molecular complexity index is 244. The van der Waals surface area contributed by atoms with Gasteiger partial charge in [0.05, 0.1) is 5.60 Å². The van der Waals surface area contributed by atoms with Crippen LogP contribution in [0.3, 0.4) is 0 Å². The standard InChI is InChI=1S/C13H26N2O2/c1-4-13(17,5-2)10-15-8-6-12(7-9-15)14-11(3)16/h12,17H,4-10H2,1-3H3,(H,14,16). The van der Waals surface area contributed by atoms with Crippen LogP contribution in [0.4, 0.5) is 0 Å². The highest BCUT2D eigenvalue weighted by atomic mass is 16.3. The molecular formula is C13H26N2O2. The van der Waals surface area contributed by atoms with Gasteiger partial charge in [0.1, 0.15) is 0 Å². The van der Waals surface area contributed by atoms with Gasteiger partial charge in [-0.15, -0.1) is 0 Å². The van der Waals surface area contributed by atoms with Crippen molar-refractivity contribution in [1.29, 1.82) is 0 Å². The Labute approximate surface area is 104 Å². The summed E-state index contributed by atoms with van der Waals surface area (Å²) in [5, 5.41) is 13.2. The molecule has 1 fully saturated rings. The van der Waals surface area contributed by atoms with Crippen molar-refractivity contribution in [1.82, 2.24) is 10.2 Å². The number of rotatable bonds is 5. The van der Waals surface area contributed by atoms with Gasteiger partial charge >= 0.3 is 0 Å². The normalized spacial score (nSPS) is 19.3. The molecule has 1 rings (SSSR count). The highest BCUT2D eigenvalue weighted by molar-refractivity contribution is 5.73. The minimum atomic E-state index is -0.541. The second-order valence-electron chi connectivity index (χ2n) is 5.18. The highest BCUT2D eigenvalue weighted by Gasteiger charge is 2.28. The van der Waals surface area contributed by atoms with E-state index in [1.807, 2.05) is 13.8 Å². The Morgan fingerprint density at radius 3 is 2.29 bits per heavy atom. The van der Waals surface area contributed by atoms with E-state index in [2.05, 4.69) is 10.2 Å². The van der Waals surface area contributed by atoms with Gasteiger partial charge in [-0.3, -0.25) is 4.79 Å². The lowest BCUT2D eigenvalue weighted by atomic mass is 9.95. The lowest BCUT2D eigenvalue weighted by Crippen LogP contribution is -2.49. The third-order valence-electron chi connectivity index (χ3n) is 3.83. The topological polar surface area (TPSA) is 52.6 Å². The van der Waals surface area contributed by atoms with E-state index in [1.165, 1.54) is 0 Å². The maximum absolute atomic E-state index is 11.0. The average molecular weight is 242 g/mol. The van der Waals surface area contributed by atoms with Crippen molar-refractivity contribution in [2.75, 3.05) is 19.6 Å². The number of nitrogens with zero attached hydrogens (tertiary/aromatic N) is 1. The summed E-state index contributed by atoms with van der Waals surface area (Å²) in [5.41, 5.74) is -0.541. The van der Waals surface area contributed by atoms with Crippen LogP contribution < -0.4 is 5.32 Å². The number of carbonyl (C=O) groups is 1. The molecule has 1 saturated heterocycles. The molecule has 0 saturated carbocycles. The number of amides is 1. The van der Waals surface area contributed by atoms with E-state index in [9.17, 15) is 9.90 Å². The van der Waals surface area contributed by atoms with Gasteiger partial charge in [-0.2, -0.15) is 0 Å². The van der Waals surface area contributed by atoms with E-state index in [4.69, 9.17) is 0 Å². The van der Waals surface area contributed by atoms with Crippen molar-refractivity contribution in [3.8, 4) is 0 Å². The molecule has 1 aliphatic heterocycles. The van der Waals surface area contributed by atoms with Crippen molar-refractivity contribution in [3.05, 3.63) is 0 Å². The Hall–Kier alpha value is -0.610. The minimum absolute atomic E-state index is 0.0575. The molecule has 0 spiro atoms. The Morgan fingerprint density at radius 1 is 1.35 bits per heavy atom. The van der Waals surface area contributed by atoms with Crippen molar-refractivity contribution < 1.29 is 9.90 Å². The van der Waals surface area contributed by atoms with Gasteiger partial charge in [0.25, 0.3) is 0 Å². The average Bonchev–Trinajstić information content (AvgIpc) is 2.31. The number of nitrogens with one attached hydrogen (secondary N) is 1. The van der Waals surface area contributed by atoms with Crippen LogP contribution >= 0.6 is 0 Å². The van der Waals surface area contributed by atoms with Crippen LogP contribution in [0.15, 0.2) is 0 Å². The summed E-state index contributed by atoms with van der Waals surface area (Å²) in [5.74, 6) is 0.0575. The SMILES string of the molecule is CCC(O)(CC)CN1CCC(NC(C)=O)CC1. The number of β-amino-alcohol motifs (C(OH)–C–C–N with tert-alkyl or cyclic N) is 1. The molecule has 0 aromatic carbocycles. The second-order valence-corrected chi connectivity index (χ2v) is 5.18. The molecule has 0 atom stereocenters. The molecule has 0 radical (unpaired) electrons. The van der Waals surface area contributed by atoms with Gasteiger partial charge in [-0.05, 0) is 25.7 Å². The zero-order valence-electron chi connectivity index (χ0n) is 11.3. The first kappa shape index (κ1) is 14.5. The zero-order chi connectivity index (χ0) is 12.9. The second kappa shape index (κ2) is 6.36. The van der Waals surface area contributed by atoms with Gasteiger partial charge in [-0.1, -0.05) is 13.8 Å². The van der Waals surface area contributed by atoms with Crippen LogP contribution in [0.2, 0.25) is 0 Å². The molecule has 100 valence electrons. The van der Waals surface area contributed by atoms with Crippen LogP contribution in [0.25, 0.3) is 0 Å². The number of hydrogen-bond donors (Lipinski definition) is 2. The molecule has 0 aromatic heterocycles. The highest BCUT2D eigenvalue weighted by Crippen LogP contribution is 2.19. The van der Waals surface area contributed by atoms with Crippen molar-refractivity contribution in [2.45, 2.75) is 58.1 Å². The summed E-state index contributed by atoms with van der Waals surface area (Å²) in [6, 6.07) is 0.320. The fourth-order valence-electron chi connectivity index (χ4n) is 2.41. The smallest absolute Gasteiger partial charge is 0.217 e. The molecule has 1 aliphatic rings. The van der Waals surface area contributed by atoms with Gasteiger partial charge in [0.2, 0.25) is 5.91 Å². The molecule has 0 unspecified atom stereocenters. The molecule has 17 heavy (non-hydrogen) atoms. The van der Waals surface area contributed by atoms with Crippen LogP contribution in [0.1, 0.15) is 46.5 Å². The molecule has 4 nitrogen and oxygen atoms in total. The Morgan fingerprint density at radius 2 is 1.88 bits per heavy atom. The van der Waals surface area contributed by atoms with Crippen LogP contribution in [0.5, 0.6) is 0 Å². The summed E-state index contributed by atoms with van der Waals surface area (Å²) in [4.78, 5) is 13.3. The minimum Gasteiger partial charge on any atom is -0.389 e. The largest absolute Gasteiger partial charge is 0.389 e. The maximum Gasteiger partial charge on any atom is 0.217 e. The predicted octanol–water partition coefficient (Wildman–Crippen LogP) is 1.14. The summed E-state index contributed by atoms with van der Waals surface area (Å²) >= 11 is 0. The molecule has 4 heteroatoms. The molecular weight excluding hydrogens is 216 g/mol. The molecule has 1 amide bonds. The summed E-state index contributed by atoms with van der Waals surface area (Å²) < 4.78 is 0. The van der Waals surface area contributed by atoms with E-state index in [-0.39, 0.29) is 5.91 Å². The molecule has 0 bridgehead atoms. The van der Waals surface area contributed by atoms with Gasteiger partial charge < -0.3 is 15.3 Å². The fraction of sp³-hybridized carbons (Fsp3) is 0.923. The summed E-state index contributed by atoms with van der Waals surface area (Å²) in [6.07, 6.45) is 3.58. The molecule has 0 aliphatic carbocycles. The quantitative estimate of drug-likeness (QED) is 0.760. The predicted molar refractivity (Wildman–Crippen MR) is 68.8 cm³/mol. The number of piperidine rings is 1. The first-order valence-electron chi connectivity index (χ1n) is 6.71. The maximum atomic E-state index is 11.0. The Kier molecular flexibility index (Phi) is 5.40. The first-order valence-corrected chi connectivity index (χ1v) is 6.71. The number of carbonyl (C=O) groups excluding carboxylic acids is 1. The number of hydrogen-bond acceptors (Lipinski definition) is 3. The third-order valence-corrected chi connectivity index (χ3v) is 3.83. The fourth-order valence-corrected chi connectivity index (χ4v) is 2.41. The van der Waals surface area contributed by atoms with Crippen LogP contribution in [-0.4, -0.2) is 47.2 Å². The van der Waals surface area contributed by atoms with Gasteiger partial charge in [-0.25, -0.2) is 0 Å². The summed E-state index contributed by atoms with van der Waals surface area (Å²) in [6.45, 7) is 8.33. The lowest BCUT2D eigenvalue weighted by molar-refractivity contribution is -0.120. The molecule has 0 aromatic rings. The van der Waals surface area contributed by atoms with Gasteiger partial charge in [0, 0.05) is 32.6 Å². The van der Waals surface area contributed by atoms with Crippen LogP contribution in [-0.2, 0) is 4.79 Å². The van der Waals surface area contributed by atoms with Crippen LogP contribution in [0, 0.1) is 0 Å². The van der Waals surface area contributed by atoms with Crippen molar-refractivity contribution in [2.24, 2.45) is 0 Å². The first-order chi connectivity index (χ1) is 7.99. The van der Waals surface area contributed by atoms with Crippen molar-refractivity contribution >= 4 is 5.91 Å². The Balaban J connectivity index is 2.34. The zero-order valence-corrected chi connectivity index (χ0v) is 11.3. The van der Waals surface area contributed by atoms with E-state index < -0.39 is 5.60 Å². The van der Waals surface area contributed by atoms with E-state index in [0.717, 1.165) is 45.3 Å². The summed E-state index contributed by atoms with van der Waals surface area (Å²) in [7, 11) is 0. The third kappa shape index (κ3) is 4.64. The van der Waals surface area contributed by atoms with Gasteiger partial charge in [0.15, 0.2) is 0 Å². The lowest BCUT2D eigenvalue weighted by Gasteiger charge is -2.37. The van der Waals surface area contributed by atoms with Crippen molar-refractivity contribution in [3.63, 3.8) is 0 Å². The van der Waals surface area contributed by atoms with E-state index >= 15 is 0 Å². The molecule has 2 N–H and O–H groups in total.